The molecule has 1 fully saturated rings. The fourth-order valence-corrected chi connectivity index (χ4v) is 3.58. The lowest BCUT2D eigenvalue weighted by Gasteiger charge is -2.16. The predicted octanol–water partition coefficient (Wildman–Crippen LogP) is 1.16. The Bertz CT molecular complexity index is 149. The van der Waals surface area contributed by atoms with Gasteiger partial charge in [0.05, 0.1) is 6.61 Å². The quantitative estimate of drug-likeness (QED) is 0.601. The first kappa shape index (κ1) is 10.6. The number of hydrogen-bond donors (Lipinski definition) is 2. The number of aliphatic hydroxyl groups excluding tert-OH is 2. The lowest BCUT2D eigenvalue weighted by atomic mass is 10.0. The highest BCUT2D eigenvalue weighted by atomic mass is 127. The third-order valence-electron chi connectivity index (χ3n) is 2.72. The van der Waals surface area contributed by atoms with Gasteiger partial charge in [-0.05, 0) is 31.1 Å². The second-order valence-electron chi connectivity index (χ2n) is 3.47. The fraction of sp³-hybridized carbons (Fsp3) is 0.889. The summed E-state index contributed by atoms with van der Waals surface area (Å²) in [6, 6.07) is 0. The summed E-state index contributed by atoms with van der Waals surface area (Å²) in [6.07, 6.45) is 3.43. The molecule has 0 heterocycles. The molecule has 0 bridgehead atoms. The molecule has 0 aliphatic heterocycles. The molecule has 0 aromatic heterocycles. The van der Waals surface area contributed by atoms with E-state index in [4.69, 9.17) is 10.2 Å². The first-order chi connectivity index (χ1) is 5.81. The summed E-state index contributed by atoms with van der Waals surface area (Å²) in [5.41, 5.74) is 0. The van der Waals surface area contributed by atoms with Crippen LogP contribution in [0.2, 0.25) is 0 Å². The van der Waals surface area contributed by atoms with Crippen LogP contribution in [-0.4, -0.2) is 31.9 Å². The van der Waals surface area contributed by atoms with E-state index in [9.17, 15) is 0 Å². The van der Waals surface area contributed by atoms with Crippen molar-refractivity contribution in [3.63, 3.8) is 0 Å². The van der Waals surface area contributed by atoms with E-state index in [1.165, 1.54) is 6.42 Å². The van der Waals surface area contributed by atoms with Crippen LogP contribution in [0.25, 0.3) is 0 Å². The third-order valence-corrected chi connectivity index (χ3v) is 5.27. The molecule has 0 radical (unpaired) electrons. The molecular formula is C9H17IO2. The smallest absolute Gasteiger partial charge is 0.0547 e. The molecule has 1 rings (SSSR count). The van der Waals surface area contributed by atoms with Crippen LogP contribution < -0.4 is 0 Å². The van der Waals surface area contributed by atoms with E-state index in [1.54, 1.807) is 0 Å². The Morgan fingerprint density at radius 2 is 2.17 bits per heavy atom. The summed E-state index contributed by atoms with van der Waals surface area (Å²) in [6.45, 7) is 0.629. The van der Waals surface area contributed by atoms with Crippen molar-refractivity contribution in [2.24, 2.45) is 11.8 Å². The van der Waals surface area contributed by atoms with E-state index in [0.717, 1.165) is 12.8 Å². The number of alkyl halides is 1. The van der Waals surface area contributed by atoms with Crippen LogP contribution in [0.3, 0.4) is 0 Å². The first-order valence-corrected chi connectivity index (χ1v) is 7.17. The van der Waals surface area contributed by atoms with E-state index >= 15 is 0 Å². The number of hydrogen-bond acceptors (Lipinski definition) is 2. The number of rotatable bonds is 4. The van der Waals surface area contributed by atoms with Gasteiger partial charge in [0, 0.05) is 10.5 Å². The molecule has 1 saturated carbocycles. The zero-order chi connectivity index (χ0) is 8.97. The Labute approximate surface area is 83.7 Å². The van der Waals surface area contributed by atoms with Crippen molar-refractivity contribution < 1.29 is 10.2 Å². The molecule has 3 atom stereocenters. The Balaban J connectivity index is 2.39. The SMILES string of the molecule is C=I[C@H](CO)[C@H]1CCC(CO)C1. The minimum Gasteiger partial charge on any atom is -0.396 e. The van der Waals surface area contributed by atoms with E-state index in [2.05, 4.69) is 4.51 Å². The molecule has 0 spiro atoms. The highest BCUT2D eigenvalue weighted by Gasteiger charge is 2.28. The summed E-state index contributed by atoms with van der Waals surface area (Å²) in [7, 11) is 0. The Kier molecular flexibility index (Phi) is 4.68. The van der Waals surface area contributed by atoms with Gasteiger partial charge in [0.15, 0.2) is 0 Å². The number of aliphatic hydroxyl groups is 2. The van der Waals surface area contributed by atoms with Crippen molar-refractivity contribution in [1.29, 1.82) is 0 Å². The minimum absolute atomic E-state index is 0.0779. The van der Waals surface area contributed by atoms with E-state index in [1.807, 2.05) is 0 Å². The molecule has 1 aliphatic rings. The van der Waals surface area contributed by atoms with Crippen molar-refractivity contribution in [2.75, 3.05) is 13.2 Å². The lowest BCUT2D eigenvalue weighted by molar-refractivity contribution is 0.221. The molecule has 12 heavy (non-hydrogen) atoms. The molecular weight excluding hydrogens is 267 g/mol. The molecule has 1 aliphatic carbocycles. The van der Waals surface area contributed by atoms with Gasteiger partial charge in [-0.3, -0.25) is 0 Å². The maximum absolute atomic E-state index is 9.07. The summed E-state index contributed by atoms with van der Waals surface area (Å²) in [4.78, 5) is 0. The normalized spacial score (nSPS) is 32.2. The van der Waals surface area contributed by atoms with Crippen LogP contribution in [0.15, 0.2) is 0 Å². The van der Waals surface area contributed by atoms with Gasteiger partial charge in [0.25, 0.3) is 0 Å². The van der Waals surface area contributed by atoms with Gasteiger partial charge in [-0.1, -0.05) is 4.51 Å². The first-order valence-electron chi connectivity index (χ1n) is 4.40. The van der Waals surface area contributed by atoms with Crippen molar-refractivity contribution in [1.82, 2.24) is 0 Å². The predicted molar refractivity (Wildman–Crippen MR) is 59.9 cm³/mol. The standard InChI is InChI=1S/C9H17IO2/c1-10-9(6-12)8-3-2-7(4-8)5-11/h7-9,11-12H,1-6H2/t7?,8-,9+/m0/s1. The maximum Gasteiger partial charge on any atom is 0.0547 e. The molecule has 0 aromatic rings. The molecule has 1 unspecified atom stereocenters. The minimum atomic E-state index is -0.0779. The Morgan fingerprint density at radius 3 is 2.58 bits per heavy atom. The molecule has 72 valence electrons. The molecule has 0 aromatic carbocycles. The zero-order valence-corrected chi connectivity index (χ0v) is 9.40. The van der Waals surface area contributed by atoms with Crippen molar-refractivity contribution in [2.45, 2.75) is 23.2 Å². The summed E-state index contributed by atoms with van der Waals surface area (Å²) in [5.74, 6) is 1.15. The highest BCUT2D eigenvalue weighted by molar-refractivity contribution is 14.2. The zero-order valence-electron chi connectivity index (χ0n) is 7.25. The van der Waals surface area contributed by atoms with E-state index in [0.29, 0.717) is 29.0 Å². The third kappa shape index (κ3) is 2.50. The van der Waals surface area contributed by atoms with Gasteiger partial charge in [0.2, 0.25) is 0 Å². The highest BCUT2D eigenvalue weighted by Crippen LogP contribution is 2.36. The van der Waals surface area contributed by atoms with Crippen LogP contribution in [0.1, 0.15) is 19.3 Å². The van der Waals surface area contributed by atoms with Gasteiger partial charge in [-0.2, -0.15) is 0 Å². The van der Waals surface area contributed by atoms with Gasteiger partial charge in [-0.15, -0.1) is 20.7 Å². The van der Waals surface area contributed by atoms with Crippen LogP contribution in [0.4, 0.5) is 0 Å². The monoisotopic (exact) mass is 284 g/mol. The largest absolute Gasteiger partial charge is 0.396 e. The number of halogens is 1. The average molecular weight is 284 g/mol. The molecule has 0 amide bonds. The second kappa shape index (κ2) is 5.29. The van der Waals surface area contributed by atoms with Gasteiger partial charge in [-0.25, -0.2) is 0 Å². The van der Waals surface area contributed by atoms with Crippen molar-refractivity contribution in [3.05, 3.63) is 0 Å². The molecule has 2 nitrogen and oxygen atoms in total. The lowest BCUT2D eigenvalue weighted by Crippen LogP contribution is -2.16. The van der Waals surface area contributed by atoms with Gasteiger partial charge >= 0.3 is 0 Å². The summed E-state index contributed by atoms with van der Waals surface area (Å²) < 4.78 is 4.41. The van der Waals surface area contributed by atoms with E-state index in [-0.39, 0.29) is 20.7 Å². The van der Waals surface area contributed by atoms with Crippen LogP contribution in [-0.2, 0) is 0 Å². The molecule has 0 saturated heterocycles. The molecule has 2 N–H and O–H groups in total. The summed E-state index contributed by atoms with van der Waals surface area (Å²) in [5, 5.41) is 18.0. The maximum atomic E-state index is 9.07. The van der Waals surface area contributed by atoms with Crippen LogP contribution in [0.5, 0.6) is 0 Å². The topological polar surface area (TPSA) is 40.5 Å². The van der Waals surface area contributed by atoms with Crippen LogP contribution >= 0.6 is 20.7 Å². The van der Waals surface area contributed by atoms with Crippen molar-refractivity contribution in [3.8, 4) is 0 Å². The Morgan fingerprint density at radius 1 is 1.42 bits per heavy atom. The fourth-order valence-electron chi connectivity index (χ4n) is 1.93. The van der Waals surface area contributed by atoms with Gasteiger partial charge < -0.3 is 10.2 Å². The van der Waals surface area contributed by atoms with Crippen LogP contribution in [0, 0.1) is 11.8 Å². The van der Waals surface area contributed by atoms with Gasteiger partial charge in [0.1, 0.15) is 0 Å². The molecule has 3 heteroatoms. The second-order valence-corrected chi connectivity index (χ2v) is 5.96. The summed E-state index contributed by atoms with van der Waals surface area (Å²) >= 11 is -0.0779. The van der Waals surface area contributed by atoms with E-state index < -0.39 is 0 Å². The Hall–Kier alpha value is 0.520. The average Bonchev–Trinajstić information content (AvgIpc) is 2.55. The van der Waals surface area contributed by atoms with Crippen molar-refractivity contribution >= 4 is 25.2 Å².